The zero-order chi connectivity index (χ0) is 10.1. The number of aromatic nitrogens is 3. The third kappa shape index (κ3) is 1.44. The Morgan fingerprint density at radius 3 is 2.86 bits per heavy atom. The van der Waals surface area contributed by atoms with Crippen LogP contribution in [0.1, 0.15) is 10.5 Å². The fraction of sp³-hybridized carbons (Fsp3) is 0. The summed E-state index contributed by atoms with van der Waals surface area (Å²) in [6, 6.07) is 1.41. The number of carboxylic acids is 1. The SMILES string of the molecule is Nc1nc(-c2cc(C(=O)O)[nH]n2)cs1. The minimum Gasteiger partial charge on any atom is -0.477 e. The molecular weight excluding hydrogens is 204 g/mol. The maximum absolute atomic E-state index is 10.5. The van der Waals surface area contributed by atoms with Gasteiger partial charge in [0.25, 0.3) is 0 Å². The summed E-state index contributed by atoms with van der Waals surface area (Å²) in [7, 11) is 0. The van der Waals surface area contributed by atoms with Gasteiger partial charge in [-0.15, -0.1) is 11.3 Å². The van der Waals surface area contributed by atoms with Crippen molar-refractivity contribution in [2.24, 2.45) is 0 Å². The van der Waals surface area contributed by atoms with Crippen molar-refractivity contribution in [3.8, 4) is 11.4 Å². The second-order valence-electron chi connectivity index (χ2n) is 2.54. The number of thiazole rings is 1. The van der Waals surface area contributed by atoms with Crippen molar-refractivity contribution in [3.63, 3.8) is 0 Å². The van der Waals surface area contributed by atoms with Gasteiger partial charge >= 0.3 is 5.97 Å². The van der Waals surface area contributed by atoms with Crippen LogP contribution in [0.5, 0.6) is 0 Å². The van der Waals surface area contributed by atoms with E-state index in [1.807, 2.05) is 0 Å². The zero-order valence-corrected chi connectivity index (χ0v) is 7.71. The maximum atomic E-state index is 10.5. The number of anilines is 1. The lowest BCUT2D eigenvalue weighted by atomic mass is 10.3. The number of aromatic carboxylic acids is 1. The third-order valence-electron chi connectivity index (χ3n) is 1.59. The van der Waals surface area contributed by atoms with Crippen LogP contribution in [0.25, 0.3) is 11.4 Å². The predicted molar refractivity (Wildman–Crippen MR) is 51.1 cm³/mol. The van der Waals surface area contributed by atoms with Gasteiger partial charge in [-0.25, -0.2) is 9.78 Å². The summed E-state index contributed by atoms with van der Waals surface area (Å²) in [5.41, 5.74) is 6.53. The highest BCUT2D eigenvalue weighted by Gasteiger charge is 2.10. The molecule has 0 aliphatic heterocycles. The standard InChI is InChI=1S/C7H6N4O2S/c8-7-9-5(2-14-7)3-1-4(6(12)13)11-10-3/h1-2H,(H2,8,9)(H,10,11)(H,12,13). The lowest BCUT2D eigenvalue weighted by molar-refractivity contribution is 0.0690. The molecule has 0 amide bonds. The number of carbonyl (C=O) groups is 1. The van der Waals surface area contributed by atoms with Gasteiger partial charge in [-0.2, -0.15) is 5.10 Å². The summed E-state index contributed by atoms with van der Waals surface area (Å²) in [6.07, 6.45) is 0. The molecule has 0 aromatic carbocycles. The summed E-state index contributed by atoms with van der Waals surface area (Å²) in [5.74, 6) is -1.05. The molecule has 2 aromatic heterocycles. The van der Waals surface area contributed by atoms with Crippen molar-refractivity contribution < 1.29 is 9.90 Å². The number of hydrogen-bond acceptors (Lipinski definition) is 5. The van der Waals surface area contributed by atoms with E-state index in [9.17, 15) is 4.79 Å². The summed E-state index contributed by atoms with van der Waals surface area (Å²) in [5, 5.41) is 17.0. The van der Waals surface area contributed by atoms with Crippen LogP contribution < -0.4 is 5.73 Å². The van der Waals surface area contributed by atoms with Crippen molar-refractivity contribution in [3.05, 3.63) is 17.1 Å². The van der Waals surface area contributed by atoms with Crippen LogP contribution in [0.15, 0.2) is 11.4 Å². The van der Waals surface area contributed by atoms with Crippen LogP contribution in [0.2, 0.25) is 0 Å². The van der Waals surface area contributed by atoms with Gasteiger partial charge in [-0.05, 0) is 0 Å². The number of carboxylic acid groups (broad SMARTS) is 1. The van der Waals surface area contributed by atoms with Crippen LogP contribution in [0.3, 0.4) is 0 Å². The first-order valence-electron chi connectivity index (χ1n) is 3.67. The number of rotatable bonds is 2. The van der Waals surface area contributed by atoms with Crippen molar-refractivity contribution in [1.82, 2.24) is 15.2 Å². The lowest BCUT2D eigenvalue weighted by Gasteiger charge is -1.84. The minimum atomic E-state index is -1.05. The van der Waals surface area contributed by atoms with Gasteiger partial charge in [0.05, 0.1) is 0 Å². The average molecular weight is 210 g/mol. The van der Waals surface area contributed by atoms with Crippen molar-refractivity contribution >= 4 is 22.4 Å². The smallest absolute Gasteiger partial charge is 0.353 e. The molecule has 0 bridgehead atoms. The van der Waals surface area contributed by atoms with E-state index in [-0.39, 0.29) is 5.69 Å². The van der Waals surface area contributed by atoms with Crippen molar-refractivity contribution in [1.29, 1.82) is 0 Å². The van der Waals surface area contributed by atoms with Gasteiger partial charge < -0.3 is 10.8 Å². The Balaban J connectivity index is 2.38. The van der Waals surface area contributed by atoms with Crippen molar-refractivity contribution in [2.75, 3.05) is 5.73 Å². The number of aromatic amines is 1. The third-order valence-corrected chi connectivity index (χ3v) is 2.27. The van der Waals surface area contributed by atoms with E-state index < -0.39 is 5.97 Å². The van der Waals surface area contributed by atoms with Crippen LogP contribution in [0.4, 0.5) is 5.13 Å². The van der Waals surface area contributed by atoms with E-state index in [1.54, 1.807) is 5.38 Å². The number of nitrogens with zero attached hydrogens (tertiary/aromatic N) is 2. The first-order valence-corrected chi connectivity index (χ1v) is 4.55. The molecule has 0 saturated heterocycles. The number of H-pyrrole nitrogens is 1. The van der Waals surface area contributed by atoms with E-state index >= 15 is 0 Å². The maximum Gasteiger partial charge on any atom is 0.353 e. The molecule has 0 radical (unpaired) electrons. The number of nitrogens with two attached hydrogens (primary N) is 1. The Bertz CT molecular complexity index is 475. The van der Waals surface area contributed by atoms with E-state index in [4.69, 9.17) is 10.8 Å². The van der Waals surface area contributed by atoms with E-state index in [0.29, 0.717) is 16.5 Å². The molecule has 7 heteroatoms. The highest BCUT2D eigenvalue weighted by Crippen LogP contribution is 2.21. The Morgan fingerprint density at radius 2 is 2.36 bits per heavy atom. The van der Waals surface area contributed by atoms with Gasteiger partial charge in [-0.1, -0.05) is 0 Å². The minimum absolute atomic E-state index is 0.0339. The molecule has 0 saturated carbocycles. The quantitative estimate of drug-likeness (QED) is 0.680. The molecule has 0 aliphatic rings. The first-order chi connectivity index (χ1) is 6.66. The second-order valence-corrected chi connectivity index (χ2v) is 3.43. The molecule has 2 aromatic rings. The van der Waals surface area contributed by atoms with E-state index in [1.165, 1.54) is 17.4 Å². The monoisotopic (exact) mass is 210 g/mol. The molecule has 2 rings (SSSR count). The molecule has 72 valence electrons. The average Bonchev–Trinajstić information content (AvgIpc) is 2.70. The summed E-state index contributed by atoms with van der Waals surface area (Å²) in [4.78, 5) is 14.5. The summed E-state index contributed by atoms with van der Waals surface area (Å²) < 4.78 is 0. The van der Waals surface area contributed by atoms with Gasteiger partial charge in [-0.3, -0.25) is 5.10 Å². The predicted octanol–water partition coefficient (Wildman–Crippen LogP) is 0.814. The molecule has 0 unspecified atom stereocenters. The Kier molecular flexibility index (Phi) is 1.93. The highest BCUT2D eigenvalue weighted by molar-refractivity contribution is 7.13. The highest BCUT2D eigenvalue weighted by atomic mass is 32.1. The Hall–Kier alpha value is -1.89. The Labute approximate surface area is 82.4 Å². The van der Waals surface area contributed by atoms with Gasteiger partial charge in [0, 0.05) is 11.4 Å². The lowest BCUT2D eigenvalue weighted by Crippen LogP contribution is -1.95. The van der Waals surface area contributed by atoms with E-state index in [0.717, 1.165) is 0 Å². The molecule has 0 spiro atoms. The van der Waals surface area contributed by atoms with Crippen LogP contribution in [0, 0.1) is 0 Å². The normalized spacial score (nSPS) is 10.3. The molecule has 0 fully saturated rings. The molecule has 6 nitrogen and oxygen atoms in total. The number of hydrogen-bond donors (Lipinski definition) is 3. The largest absolute Gasteiger partial charge is 0.477 e. The van der Waals surface area contributed by atoms with Crippen molar-refractivity contribution in [2.45, 2.75) is 0 Å². The number of nitrogens with one attached hydrogen (secondary N) is 1. The number of nitrogen functional groups attached to an aromatic ring is 1. The summed E-state index contributed by atoms with van der Waals surface area (Å²) in [6.45, 7) is 0. The fourth-order valence-electron chi connectivity index (χ4n) is 0.968. The van der Waals surface area contributed by atoms with Crippen LogP contribution in [-0.4, -0.2) is 26.3 Å². The molecular formula is C7H6N4O2S. The molecule has 2 heterocycles. The van der Waals surface area contributed by atoms with Gasteiger partial charge in [0.1, 0.15) is 17.1 Å². The van der Waals surface area contributed by atoms with Gasteiger partial charge in [0.2, 0.25) is 0 Å². The van der Waals surface area contributed by atoms with E-state index in [2.05, 4.69) is 15.2 Å². The fourth-order valence-corrected chi connectivity index (χ4v) is 1.52. The first kappa shape index (κ1) is 8.70. The topological polar surface area (TPSA) is 105 Å². The second kappa shape index (κ2) is 3.11. The van der Waals surface area contributed by atoms with Gasteiger partial charge in [0.15, 0.2) is 5.13 Å². The Morgan fingerprint density at radius 1 is 1.57 bits per heavy atom. The summed E-state index contributed by atoms with van der Waals surface area (Å²) >= 11 is 1.28. The molecule has 4 N–H and O–H groups in total. The molecule has 0 atom stereocenters. The van der Waals surface area contributed by atoms with Crippen LogP contribution in [-0.2, 0) is 0 Å². The molecule has 0 aliphatic carbocycles. The zero-order valence-electron chi connectivity index (χ0n) is 6.89. The molecule has 14 heavy (non-hydrogen) atoms. The van der Waals surface area contributed by atoms with Crippen LogP contribution >= 0.6 is 11.3 Å².